The van der Waals surface area contributed by atoms with E-state index in [2.05, 4.69) is 6.92 Å². The summed E-state index contributed by atoms with van der Waals surface area (Å²) in [5.74, 6) is -0.206. The molecule has 0 aromatic carbocycles. The van der Waals surface area contributed by atoms with Gasteiger partial charge in [-0.3, -0.25) is 9.69 Å². The molecule has 0 fully saturated rings. The second-order valence-corrected chi connectivity index (χ2v) is 3.54. The van der Waals surface area contributed by atoms with Crippen molar-refractivity contribution in [3.63, 3.8) is 0 Å². The molecule has 0 aromatic rings. The Morgan fingerprint density at radius 3 is 2.53 bits per heavy atom. The first-order valence-electron chi connectivity index (χ1n) is 5.68. The molecule has 1 unspecified atom stereocenters. The Bertz CT molecular complexity index is 173. The highest BCUT2D eigenvalue weighted by atomic mass is 16.5. The number of carbonyl (C=O) groups excluding carboxylic acids is 1. The van der Waals surface area contributed by atoms with Gasteiger partial charge in [-0.25, -0.2) is 0 Å². The van der Waals surface area contributed by atoms with Crippen molar-refractivity contribution < 1.29 is 14.6 Å². The Labute approximate surface area is 92.2 Å². The van der Waals surface area contributed by atoms with Crippen molar-refractivity contribution in [3.05, 3.63) is 0 Å². The average Bonchev–Trinajstić information content (AvgIpc) is 2.23. The Balaban J connectivity index is 4.13. The van der Waals surface area contributed by atoms with Gasteiger partial charge < -0.3 is 9.84 Å². The summed E-state index contributed by atoms with van der Waals surface area (Å²) >= 11 is 0. The Morgan fingerprint density at radius 1 is 1.40 bits per heavy atom. The molecule has 0 saturated carbocycles. The molecule has 90 valence electrons. The molecule has 0 spiro atoms. The lowest BCUT2D eigenvalue weighted by molar-refractivity contribution is -0.149. The van der Waals surface area contributed by atoms with Gasteiger partial charge in [0, 0.05) is 6.54 Å². The molecule has 0 aliphatic heterocycles. The number of hydrogen-bond acceptors (Lipinski definition) is 4. The van der Waals surface area contributed by atoms with Crippen LogP contribution in [-0.4, -0.2) is 48.3 Å². The van der Waals surface area contributed by atoms with Gasteiger partial charge in [0.05, 0.1) is 13.2 Å². The van der Waals surface area contributed by atoms with Crippen LogP contribution >= 0.6 is 0 Å². The Kier molecular flexibility index (Phi) is 8.33. The molecule has 0 heterocycles. The molecule has 0 saturated heterocycles. The van der Waals surface area contributed by atoms with Gasteiger partial charge in [0.1, 0.15) is 6.04 Å². The molecule has 0 bridgehead atoms. The number of unbranched alkanes of at least 4 members (excludes halogenated alkanes) is 1. The Hall–Kier alpha value is -0.610. The molecule has 0 aliphatic rings. The predicted octanol–water partition coefficient (Wildman–Crippen LogP) is 1.03. The zero-order chi connectivity index (χ0) is 11.7. The van der Waals surface area contributed by atoms with Crippen molar-refractivity contribution >= 4 is 5.97 Å². The summed E-state index contributed by atoms with van der Waals surface area (Å²) < 4.78 is 4.95. The van der Waals surface area contributed by atoms with Crippen LogP contribution in [0.1, 0.15) is 33.6 Å². The molecule has 4 nitrogen and oxygen atoms in total. The van der Waals surface area contributed by atoms with Crippen LogP contribution in [0, 0.1) is 0 Å². The van der Waals surface area contributed by atoms with Crippen molar-refractivity contribution in [1.29, 1.82) is 0 Å². The lowest BCUT2D eigenvalue weighted by atomic mass is 10.2. The Morgan fingerprint density at radius 2 is 2.07 bits per heavy atom. The standard InChI is InChI=1S/C11H23NO3/c1-4-6-7-12(8-9-13)10(3)11(14)15-5-2/h10,13H,4-9H2,1-3H3. The minimum Gasteiger partial charge on any atom is -0.465 e. The van der Waals surface area contributed by atoms with E-state index in [-0.39, 0.29) is 18.6 Å². The fraction of sp³-hybridized carbons (Fsp3) is 0.909. The smallest absolute Gasteiger partial charge is 0.323 e. The van der Waals surface area contributed by atoms with Gasteiger partial charge in [-0.05, 0) is 26.8 Å². The van der Waals surface area contributed by atoms with Gasteiger partial charge >= 0.3 is 5.97 Å². The lowest BCUT2D eigenvalue weighted by Crippen LogP contribution is -2.42. The highest BCUT2D eigenvalue weighted by Crippen LogP contribution is 2.03. The zero-order valence-electron chi connectivity index (χ0n) is 10.0. The summed E-state index contributed by atoms with van der Waals surface area (Å²) in [4.78, 5) is 13.4. The summed E-state index contributed by atoms with van der Waals surface area (Å²) in [5.41, 5.74) is 0. The van der Waals surface area contributed by atoms with Gasteiger partial charge in [0.2, 0.25) is 0 Å². The van der Waals surface area contributed by atoms with Crippen LogP contribution in [0.25, 0.3) is 0 Å². The number of aliphatic hydroxyl groups excluding tert-OH is 1. The maximum Gasteiger partial charge on any atom is 0.323 e. The van der Waals surface area contributed by atoms with Crippen molar-refractivity contribution in [1.82, 2.24) is 4.90 Å². The quantitative estimate of drug-likeness (QED) is 0.617. The van der Waals surface area contributed by atoms with E-state index in [9.17, 15) is 4.79 Å². The molecule has 0 rings (SSSR count). The highest BCUT2D eigenvalue weighted by Gasteiger charge is 2.21. The lowest BCUT2D eigenvalue weighted by Gasteiger charge is -2.26. The summed E-state index contributed by atoms with van der Waals surface area (Å²) in [5, 5.41) is 8.90. The van der Waals surface area contributed by atoms with Gasteiger partial charge in [0.15, 0.2) is 0 Å². The van der Waals surface area contributed by atoms with E-state index >= 15 is 0 Å². The van der Waals surface area contributed by atoms with Crippen LogP contribution in [0.2, 0.25) is 0 Å². The van der Waals surface area contributed by atoms with Gasteiger partial charge in [-0.15, -0.1) is 0 Å². The number of carbonyl (C=O) groups is 1. The molecule has 4 heteroatoms. The van der Waals surface area contributed by atoms with Crippen LogP contribution in [0.4, 0.5) is 0 Å². The van der Waals surface area contributed by atoms with Crippen LogP contribution < -0.4 is 0 Å². The first-order valence-corrected chi connectivity index (χ1v) is 5.68. The fourth-order valence-corrected chi connectivity index (χ4v) is 1.40. The van der Waals surface area contributed by atoms with E-state index in [1.54, 1.807) is 6.92 Å². The maximum atomic E-state index is 11.5. The van der Waals surface area contributed by atoms with E-state index in [1.165, 1.54) is 0 Å². The summed E-state index contributed by atoms with van der Waals surface area (Å²) in [6.07, 6.45) is 2.11. The number of ether oxygens (including phenoxy) is 1. The third kappa shape index (κ3) is 5.74. The van der Waals surface area contributed by atoms with Crippen LogP contribution in [0.5, 0.6) is 0 Å². The van der Waals surface area contributed by atoms with Gasteiger partial charge in [-0.2, -0.15) is 0 Å². The highest BCUT2D eigenvalue weighted by molar-refractivity contribution is 5.75. The molecule has 0 aromatic heterocycles. The average molecular weight is 217 g/mol. The summed E-state index contributed by atoms with van der Waals surface area (Å²) in [6, 6.07) is -0.261. The minimum absolute atomic E-state index is 0.0768. The third-order valence-electron chi connectivity index (χ3n) is 2.36. The molecule has 0 amide bonds. The molecule has 1 atom stereocenters. The van der Waals surface area contributed by atoms with Crippen LogP contribution in [0.3, 0.4) is 0 Å². The number of aliphatic hydroxyl groups is 1. The van der Waals surface area contributed by atoms with E-state index < -0.39 is 0 Å². The molecule has 0 radical (unpaired) electrons. The SMILES string of the molecule is CCCCN(CCO)C(C)C(=O)OCC. The van der Waals surface area contributed by atoms with Gasteiger partial charge in [0.25, 0.3) is 0 Å². The number of hydrogen-bond donors (Lipinski definition) is 1. The van der Waals surface area contributed by atoms with E-state index in [1.807, 2.05) is 11.8 Å². The van der Waals surface area contributed by atoms with Crippen LogP contribution in [0.15, 0.2) is 0 Å². The molecular formula is C11H23NO3. The van der Waals surface area contributed by atoms with E-state index in [4.69, 9.17) is 9.84 Å². The van der Waals surface area contributed by atoms with Crippen molar-refractivity contribution in [2.75, 3.05) is 26.3 Å². The predicted molar refractivity (Wildman–Crippen MR) is 59.7 cm³/mol. The van der Waals surface area contributed by atoms with Crippen molar-refractivity contribution in [2.45, 2.75) is 39.7 Å². The van der Waals surface area contributed by atoms with E-state index in [0.717, 1.165) is 19.4 Å². The first-order chi connectivity index (χ1) is 7.17. The molecular weight excluding hydrogens is 194 g/mol. The maximum absolute atomic E-state index is 11.5. The number of nitrogens with zero attached hydrogens (tertiary/aromatic N) is 1. The normalized spacial score (nSPS) is 12.9. The van der Waals surface area contributed by atoms with Crippen LogP contribution in [-0.2, 0) is 9.53 Å². The van der Waals surface area contributed by atoms with Gasteiger partial charge in [-0.1, -0.05) is 13.3 Å². The first kappa shape index (κ1) is 14.4. The number of rotatable bonds is 8. The summed E-state index contributed by atoms with van der Waals surface area (Å²) in [7, 11) is 0. The monoisotopic (exact) mass is 217 g/mol. The second kappa shape index (κ2) is 8.68. The third-order valence-corrected chi connectivity index (χ3v) is 2.36. The molecule has 15 heavy (non-hydrogen) atoms. The van der Waals surface area contributed by atoms with E-state index in [0.29, 0.717) is 13.2 Å². The van der Waals surface area contributed by atoms with Crippen molar-refractivity contribution in [3.8, 4) is 0 Å². The largest absolute Gasteiger partial charge is 0.465 e. The topological polar surface area (TPSA) is 49.8 Å². The van der Waals surface area contributed by atoms with Crippen molar-refractivity contribution in [2.24, 2.45) is 0 Å². The zero-order valence-corrected chi connectivity index (χ0v) is 10.0. The fourth-order valence-electron chi connectivity index (χ4n) is 1.40. The molecule has 0 aliphatic carbocycles. The second-order valence-electron chi connectivity index (χ2n) is 3.54. The summed E-state index contributed by atoms with van der Waals surface area (Å²) in [6.45, 7) is 7.57. The number of esters is 1. The minimum atomic E-state index is -0.261. The molecule has 1 N–H and O–H groups in total.